The van der Waals surface area contributed by atoms with Gasteiger partial charge in [-0.2, -0.15) is 0 Å². The van der Waals surface area contributed by atoms with Crippen LogP contribution in [-0.2, 0) is 0 Å². The Morgan fingerprint density at radius 3 is 3.20 bits per heavy atom. The van der Waals surface area contributed by atoms with Crippen molar-refractivity contribution in [3.8, 4) is 0 Å². The van der Waals surface area contributed by atoms with Gasteiger partial charge in [0, 0.05) is 6.21 Å². The summed E-state index contributed by atoms with van der Waals surface area (Å²) in [5.41, 5.74) is 5.78. The summed E-state index contributed by atoms with van der Waals surface area (Å²) in [6.07, 6.45) is 5.01. The molecule has 1 atom stereocenters. The molecule has 0 spiro atoms. The number of aliphatic imine (C=N–C) groups is 1. The first-order valence-corrected chi connectivity index (χ1v) is 3.17. The Balaban J connectivity index is 2.82. The largest absolute Gasteiger partial charge is 0.321 e. The first-order chi connectivity index (χ1) is 4.60. The molecule has 0 aromatic heterocycles. The molecule has 54 valence electrons. The number of rotatable bonds is 0. The van der Waals surface area contributed by atoms with Crippen LogP contribution in [0.2, 0.25) is 0 Å². The number of nitrogens with one attached hydrogen (secondary N) is 1. The third-order valence-electron chi connectivity index (χ3n) is 1.31. The zero-order valence-corrected chi connectivity index (χ0v) is 5.96. The SMILES string of the molecule is CC1(N)C=CC(=N)C=NC1. The van der Waals surface area contributed by atoms with Crippen LogP contribution in [0.15, 0.2) is 17.1 Å². The van der Waals surface area contributed by atoms with E-state index in [0.29, 0.717) is 12.3 Å². The molecule has 10 heavy (non-hydrogen) atoms. The van der Waals surface area contributed by atoms with E-state index in [1.807, 2.05) is 13.0 Å². The highest BCUT2D eigenvalue weighted by molar-refractivity contribution is 6.34. The Morgan fingerprint density at radius 1 is 1.80 bits per heavy atom. The highest BCUT2D eigenvalue weighted by atomic mass is 14.8. The van der Waals surface area contributed by atoms with E-state index in [1.54, 1.807) is 6.08 Å². The second-order valence-corrected chi connectivity index (χ2v) is 2.76. The molecule has 1 aliphatic rings. The van der Waals surface area contributed by atoms with Gasteiger partial charge in [-0.1, -0.05) is 6.08 Å². The van der Waals surface area contributed by atoms with Gasteiger partial charge in [0.15, 0.2) is 0 Å². The molecule has 3 heteroatoms. The smallest absolute Gasteiger partial charge is 0.0715 e. The summed E-state index contributed by atoms with van der Waals surface area (Å²) >= 11 is 0. The molecular formula is C7H11N3. The van der Waals surface area contributed by atoms with Crippen LogP contribution in [0.4, 0.5) is 0 Å². The molecule has 0 radical (unpaired) electrons. The predicted molar refractivity (Wildman–Crippen MR) is 42.8 cm³/mol. The maximum atomic E-state index is 7.21. The maximum Gasteiger partial charge on any atom is 0.0715 e. The minimum atomic E-state index is -0.376. The molecule has 3 N–H and O–H groups in total. The molecule has 0 aromatic carbocycles. The van der Waals surface area contributed by atoms with Crippen LogP contribution in [0.25, 0.3) is 0 Å². The molecular weight excluding hydrogens is 126 g/mol. The molecule has 0 bridgehead atoms. The average molecular weight is 137 g/mol. The van der Waals surface area contributed by atoms with Crippen molar-refractivity contribution in [1.82, 2.24) is 0 Å². The quantitative estimate of drug-likeness (QED) is 0.497. The van der Waals surface area contributed by atoms with Crippen molar-refractivity contribution in [2.45, 2.75) is 12.5 Å². The van der Waals surface area contributed by atoms with Crippen LogP contribution in [0.5, 0.6) is 0 Å². The number of hydrogen-bond donors (Lipinski definition) is 2. The first-order valence-electron chi connectivity index (χ1n) is 3.17. The topological polar surface area (TPSA) is 62.2 Å². The molecule has 1 aliphatic heterocycles. The van der Waals surface area contributed by atoms with Gasteiger partial charge in [-0.15, -0.1) is 0 Å². The Kier molecular flexibility index (Phi) is 1.68. The van der Waals surface area contributed by atoms with Crippen molar-refractivity contribution in [1.29, 1.82) is 5.41 Å². The molecule has 3 nitrogen and oxygen atoms in total. The third kappa shape index (κ3) is 1.77. The number of hydrogen-bond acceptors (Lipinski definition) is 3. The maximum absolute atomic E-state index is 7.21. The summed E-state index contributed by atoms with van der Waals surface area (Å²) in [6, 6.07) is 0. The highest BCUT2D eigenvalue weighted by Gasteiger charge is 2.14. The van der Waals surface area contributed by atoms with Crippen LogP contribution < -0.4 is 5.73 Å². The fourth-order valence-electron chi connectivity index (χ4n) is 0.717. The van der Waals surface area contributed by atoms with E-state index in [0.717, 1.165) is 0 Å². The average Bonchev–Trinajstić information content (AvgIpc) is 1.94. The highest BCUT2D eigenvalue weighted by Crippen LogP contribution is 2.03. The molecule has 0 saturated carbocycles. The van der Waals surface area contributed by atoms with Crippen molar-refractivity contribution >= 4 is 11.9 Å². The van der Waals surface area contributed by atoms with Crippen molar-refractivity contribution in [2.75, 3.05) is 6.54 Å². The summed E-state index contributed by atoms with van der Waals surface area (Å²) in [7, 11) is 0. The second-order valence-electron chi connectivity index (χ2n) is 2.76. The van der Waals surface area contributed by atoms with Crippen molar-refractivity contribution in [2.24, 2.45) is 10.7 Å². The summed E-state index contributed by atoms with van der Waals surface area (Å²) in [4.78, 5) is 3.97. The lowest BCUT2D eigenvalue weighted by Crippen LogP contribution is -2.36. The Labute approximate surface area is 60.2 Å². The van der Waals surface area contributed by atoms with Gasteiger partial charge in [0.1, 0.15) is 0 Å². The monoisotopic (exact) mass is 137 g/mol. The van der Waals surface area contributed by atoms with E-state index in [9.17, 15) is 0 Å². The minimum Gasteiger partial charge on any atom is -0.321 e. The summed E-state index contributed by atoms with van der Waals surface area (Å²) in [6.45, 7) is 2.45. The van der Waals surface area contributed by atoms with Gasteiger partial charge < -0.3 is 5.73 Å². The van der Waals surface area contributed by atoms with E-state index >= 15 is 0 Å². The Bertz CT molecular complexity index is 201. The Morgan fingerprint density at radius 2 is 2.50 bits per heavy atom. The lowest BCUT2D eigenvalue weighted by atomic mass is 10.0. The lowest BCUT2D eigenvalue weighted by molar-refractivity contribution is 0.602. The fraction of sp³-hybridized carbons (Fsp3) is 0.429. The molecule has 1 heterocycles. The molecule has 0 aliphatic carbocycles. The van der Waals surface area contributed by atoms with Gasteiger partial charge in [-0.3, -0.25) is 10.4 Å². The Hall–Kier alpha value is -0.960. The molecule has 1 unspecified atom stereocenters. The zero-order valence-electron chi connectivity index (χ0n) is 5.96. The normalized spacial score (nSPS) is 32.4. The van der Waals surface area contributed by atoms with Gasteiger partial charge in [0.2, 0.25) is 0 Å². The summed E-state index contributed by atoms with van der Waals surface area (Å²) in [5, 5.41) is 7.21. The van der Waals surface area contributed by atoms with Crippen LogP contribution in [0, 0.1) is 5.41 Å². The van der Waals surface area contributed by atoms with Gasteiger partial charge in [0.25, 0.3) is 0 Å². The number of allylic oxidation sites excluding steroid dienone is 1. The van der Waals surface area contributed by atoms with E-state index in [1.165, 1.54) is 6.21 Å². The molecule has 0 fully saturated rings. The summed E-state index contributed by atoms with van der Waals surface area (Å²) < 4.78 is 0. The number of nitrogens with two attached hydrogens (primary N) is 1. The lowest BCUT2D eigenvalue weighted by Gasteiger charge is -2.14. The minimum absolute atomic E-state index is 0.376. The van der Waals surface area contributed by atoms with Crippen molar-refractivity contribution in [3.05, 3.63) is 12.2 Å². The zero-order chi connectivity index (χ0) is 7.61. The first kappa shape index (κ1) is 7.15. The van der Waals surface area contributed by atoms with Gasteiger partial charge in [-0.25, -0.2) is 0 Å². The molecule has 1 rings (SSSR count). The molecule has 0 saturated heterocycles. The van der Waals surface area contributed by atoms with E-state index in [4.69, 9.17) is 11.1 Å². The van der Waals surface area contributed by atoms with Gasteiger partial charge >= 0.3 is 0 Å². The van der Waals surface area contributed by atoms with Crippen LogP contribution in [0.3, 0.4) is 0 Å². The van der Waals surface area contributed by atoms with Crippen LogP contribution in [0.1, 0.15) is 6.92 Å². The molecule has 0 amide bonds. The standard InChI is InChI=1S/C7H11N3/c1-7(9)3-2-6(8)4-10-5-7/h2-4,8H,5,9H2,1H3. The van der Waals surface area contributed by atoms with Gasteiger partial charge in [0.05, 0.1) is 17.8 Å². The van der Waals surface area contributed by atoms with Gasteiger partial charge in [-0.05, 0) is 13.0 Å². The predicted octanol–water partition coefficient (Wildman–Crippen LogP) is 0.364. The molecule has 0 aromatic rings. The van der Waals surface area contributed by atoms with Crippen molar-refractivity contribution < 1.29 is 0 Å². The van der Waals surface area contributed by atoms with Crippen LogP contribution >= 0.6 is 0 Å². The van der Waals surface area contributed by atoms with E-state index < -0.39 is 0 Å². The van der Waals surface area contributed by atoms with Crippen molar-refractivity contribution in [3.63, 3.8) is 0 Å². The second kappa shape index (κ2) is 2.34. The fourth-order valence-corrected chi connectivity index (χ4v) is 0.717. The van der Waals surface area contributed by atoms with E-state index in [2.05, 4.69) is 4.99 Å². The third-order valence-corrected chi connectivity index (χ3v) is 1.31. The summed E-state index contributed by atoms with van der Waals surface area (Å²) in [5.74, 6) is 0. The van der Waals surface area contributed by atoms with Crippen LogP contribution in [-0.4, -0.2) is 24.0 Å². The van der Waals surface area contributed by atoms with E-state index in [-0.39, 0.29) is 5.54 Å². The number of nitrogens with zero attached hydrogens (tertiary/aromatic N) is 1.